The van der Waals surface area contributed by atoms with Crippen molar-refractivity contribution in [2.75, 3.05) is 36.9 Å². The highest BCUT2D eigenvalue weighted by Crippen LogP contribution is 2.25. The van der Waals surface area contributed by atoms with Gasteiger partial charge in [0.05, 0.1) is 18.1 Å². The van der Waals surface area contributed by atoms with Crippen molar-refractivity contribution < 1.29 is 17.9 Å². The first kappa shape index (κ1) is 22.3. The molecule has 8 heteroatoms. The first-order valence-corrected chi connectivity index (χ1v) is 12.0. The van der Waals surface area contributed by atoms with Crippen molar-refractivity contribution >= 4 is 38.1 Å². The van der Waals surface area contributed by atoms with E-state index in [1.54, 1.807) is 26.0 Å². The van der Waals surface area contributed by atoms with E-state index in [0.29, 0.717) is 37.6 Å². The molecule has 1 atom stereocenters. The molecule has 4 rings (SSSR count). The third-order valence-electron chi connectivity index (χ3n) is 5.57. The summed E-state index contributed by atoms with van der Waals surface area (Å²) in [5.41, 5.74) is 1.92. The number of hydrogen-bond acceptors (Lipinski definition) is 5. The van der Waals surface area contributed by atoms with Crippen molar-refractivity contribution in [2.45, 2.75) is 24.8 Å². The quantitative estimate of drug-likeness (QED) is 0.595. The van der Waals surface area contributed by atoms with Gasteiger partial charge >= 0.3 is 0 Å². The molecule has 0 radical (unpaired) electrons. The molecule has 1 amide bonds. The minimum atomic E-state index is -3.65. The molecule has 2 N–H and O–H groups in total. The number of fused-ring (bicyclic) bond motifs is 1. The summed E-state index contributed by atoms with van der Waals surface area (Å²) in [7, 11) is -3.65. The number of nitrogens with one attached hydrogen (secondary N) is 2. The molecule has 1 fully saturated rings. The Labute approximate surface area is 188 Å². The van der Waals surface area contributed by atoms with Crippen LogP contribution in [0.4, 0.5) is 11.4 Å². The number of nitrogens with zero attached hydrogens (tertiary/aromatic N) is 1. The zero-order valence-electron chi connectivity index (χ0n) is 18.2. The van der Waals surface area contributed by atoms with Crippen LogP contribution in [0, 0.1) is 6.92 Å². The fourth-order valence-corrected chi connectivity index (χ4v) is 5.39. The van der Waals surface area contributed by atoms with Gasteiger partial charge in [-0.15, -0.1) is 0 Å². The van der Waals surface area contributed by atoms with Crippen molar-refractivity contribution in [1.82, 2.24) is 4.31 Å². The maximum absolute atomic E-state index is 13.1. The molecule has 1 heterocycles. The average Bonchev–Trinajstić information content (AvgIpc) is 2.80. The highest BCUT2D eigenvalue weighted by Gasteiger charge is 2.28. The molecule has 168 valence electrons. The monoisotopic (exact) mass is 453 g/mol. The predicted molar refractivity (Wildman–Crippen MR) is 126 cm³/mol. The lowest BCUT2D eigenvalue weighted by Crippen LogP contribution is -2.40. The van der Waals surface area contributed by atoms with E-state index in [-0.39, 0.29) is 10.8 Å². The first-order chi connectivity index (χ1) is 15.3. The number of carbonyl (C=O) groups excluding carboxylic acids is 1. The predicted octanol–water partition coefficient (Wildman–Crippen LogP) is 3.61. The molecule has 1 aliphatic rings. The van der Waals surface area contributed by atoms with Crippen LogP contribution in [0.3, 0.4) is 0 Å². The van der Waals surface area contributed by atoms with Gasteiger partial charge < -0.3 is 15.4 Å². The molecule has 7 nitrogen and oxygen atoms in total. The van der Waals surface area contributed by atoms with Crippen LogP contribution in [-0.4, -0.2) is 51.0 Å². The number of carbonyl (C=O) groups is 1. The Bertz CT molecular complexity index is 1240. The van der Waals surface area contributed by atoms with Gasteiger partial charge in [0.1, 0.15) is 6.04 Å². The van der Waals surface area contributed by atoms with E-state index in [1.807, 2.05) is 42.5 Å². The molecule has 0 bridgehead atoms. The van der Waals surface area contributed by atoms with Crippen LogP contribution in [0.2, 0.25) is 0 Å². The largest absolute Gasteiger partial charge is 0.379 e. The van der Waals surface area contributed by atoms with Crippen LogP contribution in [0.5, 0.6) is 0 Å². The summed E-state index contributed by atoms with van der Waals surface area (Å²) >= 11 is 0. The topological polar surface area (TPSA) is 87.7 Å². The van der Waals surface area contributed by atoms with Gasteiger partial charge in [0.15, 0.2) is 0 Å². The van der Waals surface area contributed by atoms with Gasteiger partial charge in [0, 0.05) is 24.5 Å². The Kier molecular flexibility index (Phi) is 6.45. The second-order valence-electron chi connectivity index (χ2n) is 7.91. The zero-order valence-corrected chi connectivity index (χ0v) is 19.0. The Morgan fingerprint density at radius 3 is 2.41 bits per heavy atom. The summed E-state index contributed by atoms with van der Waals surface area (Å²) in [6.45, 7) is 4.93. The van der Waals surface area contributed by atoms with E-state index >= 15 is 0 Å². The molecule has 0 spiro atoms. The van der Waals surface area contributed by atoms with Gasteiger partial charge in [-0.25, -0.2) is 8.42 Å². The van der Waals surface area contributed by atoms with Gasteiger partial charge in [0.2, 0.25) is 15.9 Å². The SMILES string of the molecule is Cc1ccc(NC(=O)[C@H](C)Nc2ccc3ccccc3c2)cc1S(=O)(=O)N1CCOCC1. The van der Waals surface area contributed by atoms with Gasteiger partial charge in [-0.1, -0.05) is 36.4 Å². The summed E-state index contributed by atoms with van der Waals surface area (Å²) in [5.74, 6) is -0.253. The number of aryl methyl sites for hydroxylation is 1. The van der Waals surface area contributed by atoms with Crippen LogP contribution < -0.4 is 10.6 Å². The summed E-state index contributed by atoms with van der Waals surface area (Å²) < 4.78 is 32.8. The Hall–Kier alpha value is -2.94. The molecule has 0 unspecified atom stereocenters. The lowest BCUT2D eigenvalue weighted by molar-refractivity contribution is -0.116. The van der Waals surface area contributed by atoms with Crippen molar-refractivity contribution in [3.05, 3.63) is 66.2 Å². The van der Waals surface area contributed by atoms with Gasteiger partial charge in [-0.2, -0.15) is 4.31 Å². The molecule has 0 aromatic heterocycles. The van der Waals surface area contributed by atoms with E-state index in [0.717, 1.165) is 16.5 Å². The maximum atomic E-state index is 13.1. The molecule has 0 saturated carbocycles. The normalized spacial score (nSPS) is 15.9. The summed E-state index contributed by atoms with van der Waals surface area (Å²) in [4.78, 5) is 13.0. The Morgan fingerprint density at radius 1 is 0.969 bits per heavy atom. The van der Waals surface area contributed by atoms with Crippen LogP contribution >= 0.6 is 0 Å². The summed E-state index contributed by atoms with van der Waals surface area (Å²) in [5, 5.41) is 8.26. The van der Waals surface area contributed by atoms with E-state index in [4.69, 9.17) is 4.74 Å². The lowest BCUT2D eigenvalue weighted by Gasteiger charge is -2.27. The molecule has 32 heavy (non-hydrogen) atoms. The summed E-state index contributed by atoms with van der Waals surface area (Å²) in [6, 6.07) is 18.4. The van der Waals surface area contributed by atoms with Crippen molar-refractivity contribution in [2.24, 2.45) is 0 Å². The van der Waals surface area contributed by atoms with E-state index < -0.39 is 16.1 Å². The third kappa shape index (κ3) is 4.77. The highest BCUT2D eigenvalue weighted by molar-refractivity contribution is 7.89. The molecule has 3 aromatic carbocycles. The number of morpholine rings is 1. The smallest absolute Gasteiger partial charge is 0.246 e. The molecular weight excluding hydrogens is 426 g/mol. The number of amides is 1. The Morgan fingerprint density at radius 2 is 1.66 bits per heavy atom. The summed E-state index contributed by atoms with van der Waals surface area (Å²) in [6.07, 6.45) is 0. The number of hydrogen-bond donors (Lipinski definition) is 2. The minimum Gasteiger partial charge on any atom is -0.379 e. The molecular formula is C24H27N3O4S. The van der Waals surface area contributed by atoms with Crippen molar-refractivity contribution in [3.8, 4) is 0 Å². The van der Waals surface area contributed by atoms with E-state index in [2.05, 4.69) is 10.6 Å². The first-order valence-electron chi connectivity index (χ1n) is 10.6. The van der Waals surface area contributed by atoms with E-state index in [1.165, 1.54) is 10.4 Å². The maximum Gasteiger partial charge on any atom is 0.246 e. The van der Waals surface area contributed by atoms with Crippen molar-refractivity contribution in [3.63, 3.8) is 0 Å². The third-order valence-corrected chi connectivity index (χ3v) is 7.61. The van der Waals surface area contributed by atoms with Gasteiger partial charge in [0.25, 0.3) is 0 Å². The zero-order chi connectivity index (χ0) is 22.7. The fourth-order valence-electron chi connectivity index (χ4n) is 3.73. The fraction of sp³-hybridized carbons (Fsp3) is 0.292. The number of ether oxygens (including phenoxy) is 1. The second-order valence-corrected chi connectivity index (χ2v) is 9.82. The average molecular weight is 454 g/mol. The molecule has 1 aliphatic heterocycles. The van der Waals surface area contributed by atoms with E-state index in [9.17, 15) is 13.2 Å². The molecule has 3 aromatic rings. The lowest BCUT2D eigenvalue weighted by atomic mass is 10.1. The number of sulfonamides is 1. The number of benzene rings is 3. The standard InChI is InChI=1S/C24H27N3O4S/c1-17-7-9-22(16-23(17)32(29,30)27-11-13-31-14-12-27)26-24(28)18(2)25-21-10-8-19-5-3-4-6-20(19)15-21/h3-10,15-16,18,25H,11-14H2,1-2H3,(H,26,28)/t18-/m0/s1. The van der Waals surface area contributed by atoms with Gasteiger partial charge in [-0.3, -0.25) is 4.79 Å². The minimum absolute atomic E-state index is 0.201. The molecule has 0 aliphatic carbocycles. The van der Waals surface area contributed by atoms with Crippen LogP contribution in [0.1, 0.15) is 12.5 Å². The highest BCUT2D eigenvalue weighted by atomic mass is 32.2. The van der Waals surface area contributed by atoms with Crippen LogP contribution in [-0.2, 0) is 19.6 Å². The number of rotatable bonds is 6. The number of anilines is 2. The van der Waals surface area contributed by atoms with Gasteiger partial charge in [-0.05, 0) is 54.4 Å². The molecule has 1 saturated heterocycles. The van der Waals surface area contributed by atoms with Crippen LogP contribution in [0.25, 0.3) is 10.8 Å². The second kappa shape index (κ2) is 9.28. The van der Waals surface area contributed by atoms with Crippen molar-refractivity contribution in [1.29, 1.82) is 0 Å². The Balaban J connectivity index is 1.48. The van der Waals surface area contributed by atoms with Crippen LogP contribution in [0.15, 0.2) is 65.6 Å².